The van der Waals surface area contributed by atoms with Crippen LogP contribution in [0.3, 0.4) is 0 Å². The highest BCUT2D eigenvalue weighted by Crippen LogP contribution is 2.31. The first kappa shape index (κ1) is 15.6. The molecule has 1 aromatic heterocycles. The highest BCUT2D eigenvalue weighted by Gasteiger charge is 2.29. The van der Waals surface area contributed by atoms with Gasteiger partial charge in [-0.3, -0.25) is 9.59 Å². The minimum atomic E-state index is -0.310. The summed E-state index contributed by atoms with van der Waals surface area (Å²) in [5.74, 6) is -0.344. The minimum absolute atomic E-state index is 0.167. The number of likely N-dealkylation sites (tertiary alicyclic amines) is 1. The number of primary amides is 1. The molecule has 1 aliphatic heterocycles. The second kappa shape index (κ2) is 6.42. The van der Waals surface area contributed by atoms with Crippen LogP contribution >= 0.6 is 11.6 Å². The Morgan fingerprint density at radius 3 is 2.61 bits per heavy atom. The Balaban J connectivity index is 1.81. The van der Waals surface area contributed by atoms with Crippen molar-refractivity contribution in [2.24, 2.45) is 11.7 Å². The highest BCUT2D eigenvalue weighted by atomic mass is 35.5. The number of aromatic nitrogens is 1. The minimum Gasteiger partial charge on any atom is -0.443 e. The van der Waals surface area contributed by atoms with Gasteiger partial charge in [-0.2, -0.15) is 0 Å². The summed E-state index contributed by atoms with van der Waals surface area (Å²) in [7, 11) is 0. The Labute approximate surface area is 138 Å². The second-order valence-corrected chi connectivity index (χ2v) is 5.89. The summed E-state index contributed by atoms with van der Waals surface area (Å²) in [6, 6.07) is 7.12. The molecule has 0 unspecified atom stereocenters. The second-order valence-electron chi connectivity index (χ2n) is 5.48. The van der Waals surface area contributed by atoms with Crippen LogP contribution in [0.5, 0.6) is 0 Å². The number of halogens is 1. The highest BCUT2D eigenvalue weighted by molar-refractivity contribution is 6.33. The Hall–Kier alpha value is -2.34. The van der Waals surface area contributed by atoms with Crippen molar-refractivity contribution in [3.05, 3.63) is 41.4 Å². The molecule has 1 fully saturated rings. The van der Waals surface area contributed by atoms with Crippen LogP contribution in [-0.4, -0.2) is 34.8 Å². The lowest BCUT2D eigenvalue weighted by Crippen LogP contribution is -2.42. The Kier molecular flexibility index (Phi) is 4.34. The smallest absolute Gasteiger partial charge is 0.276 e. The lowest BCUT2D eigenvalue weighted by atomic mass is 9.96. The SMILES string of the molecule is NC(=O)C1CCN(C(=O)c2ncoc2-c2ccccc2Cl)CC1. The number of hydrogen-bond acceptors (Lipinski definition) is 4. The molecule has 120 valence electrons. The van der Waals surface area contributed by atoms with Gasteiger partial charge in [-0.15, -0.1) is 0 Å². The summed E-state index contributed by atoms with van der Waals surface area (Å²) in [6.07, 6.45) is 2.38. The maximum atomic E-state index is 12.7. The van der Waals surface area contributed by atoms with Gasteiger partial charge in [0.1, 0.15) is 0 Å². The van der Waals surface area contributed by atoms with E-state index in [4.69, 9.17) is 21.8 Å². The maximum Gasteiger partial charge on any atom is 0.276 e. The molecular formula is C16H16ClN3O3. The average molecular weight is 334 g/mol. The van der Waals surface area contributed by atoms with Gasteiger partial charge in [0.05, 0.1) is 5.02 Å². The molecule has 2 aromatic rings. The predicted molar refractivity (Wildman–Crippen MR) is 84.8 cm³/mol. The Morgan fingerprint density at radius 1 is 1.26 bits per heavy atom. The van der Waals surface area contributed by atoms with Crippen LogP contribution in [0.25, 0.3) is 11.3 Å². The standard InChI is InChI=1S/C16H16ClN3O3/c17-12-4-2-1-3-11(12)14-13(19-9-23-14)16(22)20-7-5-10(6-8-20)15(18)21/h1-4,9-10H,5-8H2,(H2,18,21). The van der Waals surface area contributed by atoms with E-state index < -0.39 is 0 Å². The molecule has 2 amide bonds. The van der Waals surface area contributed by atoms with Crippen molar-refractivity contribution in [1.82, 2.24) is 9.88 Å². The van der Waals surface area contributed by atoms with Crippen molar-refractivity contribution < 1.29 is 14.0 Å². The fourth-order valence-corrected chi connectivity index (χ4v) is 2.97. The fourth-order valence-electron chi connectivity index (χ4n) is 2.75. The van der Waals surface area contributed by atoms with Gasteiger partial charge in [-0.1, -0.05) is 23.7 Å². The van der Waals surface area contributed by atoms with Gasteiger partial charge in [0.25, 0.3) is 5.91 Å². The van der Waals surface area contributed by atoms with E-state index in [1.54, 1.807) is 23.1 Å². The first-order valence-corrected chi connectivity index (χ1v) is 7.72. The third-order valence-corrected chi connectivity index (χ3v) is 4.40. The molecule has 0 saturated carbocycles. The molecule has 23 heavy (non-hydrogen) atoms. The van der Waals surface area contributed by atoms with Crippen molar-refractivity contribution in [3.8, 4) is 11.3 Å². The van der Waals surface area contributed by atoms with E-state index in [9.17, 15) is 9.59 Å². The summed E-state index contributed by atoms with van der Waals surface area (Å²) in [4.78, 5) is 29.6. The molecule has 0 atom stereocenters. The van der Waals surface area contributed by atoms with Crippen LogP contribution in [0.2, 0.25) is 5.02 Å². The molecule has 1 saturated heterocycles. The number of hydrogen-bond donors (Lipinski definition) is 1. The number of piperidine rings is 1. The van der Waals surface area contributed by atoms with E-state index in [1.807, 2.05) is 6.07 Å². The lowest BCUT2D eigenvalue weighted by Gasteiger charge is -2.30. The topological polar surface area (TPSA) is 89.4 Å². The molecule has 0 bridgehead atoms. The average Bonchev–Trinajstić information content (AvgIpc) is 3.04. The fraction of sp³-hybridized carbons (Fsp3) is 0.312. The van der Waals surface area contributed by atoms with Crippen LogP contribution in [0.15, 0.2) is 35.1 Å². The maximum absolute atomic E-state index is 12.7. The lowest BCUT2D eigenvalue weighted by molar-refractivity contribution is -0.123. The van der Waals surface area contributed by atoms with E-state index in [2.05, 4.69) is 4.98 Å². The van der Waals surface area contributed by atoms with Crippen LogP contribution < -0.4 is 5.73 Å². The molecule has 2 heterocycles. The van der Waals surface area contributed by atoms with Gasteiger partial charge < -0.3 is 15.1 Å². The molecule has 6 nitrogen and oxygen atoms in total. The first-order valence-electron chi connectivity index (χ1n) is 7.35. The third-order valence-electron chi connectivity index (χ3n) is 4.07. The molecule has 0 spiro atoms. The first-order chi connectivity index (χ1) is 11.1. The van der Waals surface area contributed by atoms with E-state index >= 15 is 0 Å². The molecule has 2 N–H and O–H groups in total. The zero-order chi connectivity index (χ0) is 16.4. The van der Waals surface area contributed by atoms with Crippen LogP contribution in [0.4, 0.5) is 0 Å². The Morgan fingerprint density at radius 2 is 1.96 bits per heavy atom. The van der Waals surface area contributed by atoms with E-state index in [0.29, 0.717) is 42.3 Å². The van der Waals surface area contributed by atoms with Crippen molar-refractivity contribution in [2.45, 2.75) is 12.8 Å². The van der Waals surface area contributed by atoms with Crippen molar-refractivity contribution in [2.75, 3.05) is 13.1 Å². The molecule has 0 aliphatic carbocycles. The van der Waals surface area contributed by atoms with Gasteiger partial charge in [0.15, 0.2) is 17.8 Å². The number of oxazole rings is 1. The summed E-state index contributed by atoms with van der Waals surface area (Å²) >= 11 is 6.17. The van der Waals surface area contributed by atoms with Gasteiger partial charge in [0, 0.05) is 24.6 Å². The van der Waals surface area contributed by atoms with Gasteiger partial charge in [0.2, 0.25) is 5.91 Å². The number of carbonyl (C=O) groups excluding carboxylic acids is 2. The van der Waals surface area contributed by atoms with E-state index in [0.717, 1.165) is 0 Å². The number of benzene rings is 1. The number of carbonyl (C=O) groups is 2. The molecule has 7 heteroatoms. The van der Waals surface area contributed by atoms with Crippen molar-refractivity contribution in [1.29, 1.82) is 0 Å². The third kappa shape index (κ3) is 3.07. The van der Waals surface area contributed by atoms with Crippen LogP contribution in [0.1, 0.15) is 23.3 Å². The van der Waals surface area contributed by atoms with Crippen molar-refractivity contribution in [3.63, 3.8) is 0 Å². The summed E-state index contributed by atoms with van der Waals surface area (Å²) in [6.45, 7) is 0.947. The van der Waals surface area contributed by atoms with Gasteiger partial charge in [-0.25, -0.2) is 4.98 Å². The van der Waals surface area contributed by atoms with Crippen LogP contribution in [0, 0.1) is 5.92 Å². The summed E-state index contributed by atoms with van der Waals surface area (Å²) < 4.78 is 5.39. The largest absolute Gasteiger partial charge is 0.443 e. The monoisotopic (exact) mass is 333 g/mol. The number of nitrogens with two attached hydrogens (primary N) is 1. The molecule has 3 rings (SSSR count). The molecule has 1 aliphatic rings. The van der Waals surface area contributed by atoms with Crippen LogP contribution in [-0.2, 0) is 4.79 Å². The summed E-state index contributed by atoms with van der Waals surface area (Å²) in [5.41, 5.74) is 6.17. The quantitative estimate of drug-likeness (QED) is 0.933. The predicted octanol–water partition coefficient (Wildman–Crippen LogP) is 2.33. The van der Waals surface area contributed by atoms with E-state index in [-0.39, 0.29) is 23.4 Å². The van der Waals surface area contributed by atoms with Gasteiger partial charge in [-0.05, 0) is 25.0 Å². The number of amides is 2. The zero-order valence-corrected chi connectivity index (χ0v) is 13.1. The normalized spacial score (nSPS) is 15.6. The van der Waals surface area contributed by atoms with Crippen molar-refractivity contribution >= 4 is 23.4 Å². The number of rotatable bonds is 3. The number of nitrogens with zero attached hydrogens (tertiary/aromatic N) is 2. The molecule has 1 aromatic carbocycles. The molecular weight excluding hydrogens is 318 g/mol. The molecule has 0 radical (unpaired) electrons. The van der Waals surface area contributed by atoms with Gasteiger partial charge >= 0.3 is 0 Å². The Bertz CT molecular complexity index is 736. The van der Waals surface area contributed by atoms with E-state index in [1.165, 1.54) is 6.39 Å². The summed E-state index contributed by atoms with van der Waals surface area (Å²) in [5, 5.41) is 0.491. The zero-order valence-electron chi connectivity index (χ0n) is 12.4.